The van der Waals surface area contributed by atoms with Gasteiger partial charge in [0.25, 0.3) is 0 Å². The molecule has 0 saturated carbocycles. The first-order chi connectivity index (χ1) is 17.0. The summed E-state index contributed by atoms with van der Waals surface area (Å²) in [6.45, 7) is 21.3. The van der Waals surface area contributed by atoms with Crippen LogP contribution in [0, 0.1) is 11.3 Å². The summed E-state index contributed by atoms with van der Waals surface area (Å²) in [6.07, 6.45) is 4.43. The van der Waals surface area contributed by atoms with Crippen LogP contribution in [0.4, 0.5) is 9.59 Å². The molecule has 2 unspecified atom stereocenters. The maximum absolute atomic E-state index is 12.0. The molecule has 0 radical (unpaired) electrons. The second kappa shape index (κ2) is 13.5. The monoisotopic (exact) mass is 528 g/mol. The summed E-state index contributed by atoms with van der Waals surface area (Å²) in [6, 6.07) is 0. The molecule has 10 heteroatoms. The molecule has 0 aliphatic carbocycles. The van der Waals surface area contributed by atoms with Crippen molar-refractivity contribution in [2.24, 2.45) is 11.3 Å². The molecule has 0 bridgehead atoms. The van der Waals surface area contributed by atoms with Crippen LogP contribution in [0.15, 0.2) is 25.7 Å². The zero-order valence-corrected chi connectivity index (χ0v) is 23.5. The molecule has 0 aromatic carbocycles. The van der Waals surface area contributed by atoms with E-state index in [1.807, 2.05) is 41.5 Å². The summed E-state index contributed by atoms with van der Waals surface area (Å²) >= 11 is 0. The van der Waals surface area contributed by atoms with Crippen LogP contribution in [-0.2, 0) is 28.5 Å². The Labute approximate surface area is 223 Å². The van der Waals surface area contributed by atoms with Crippen LogP contribution in [0.2, 0.25) is 0 Å². The zero-order valence-electron chi connectivity index (χ0n) is 23.5. The van der Waals surface area contributed by atoms with Gasteiger partial charge in [0, 0.05) is 29.0 Å². The van der Waals surface area contributed by atoms with Gasteiger partial charge in [0.05, 0.1) is 23.9 Å². The van der Waals surface area contributed by atoms with Gasteiger partial charge >= 0.3 is 24.1 Å². The van der Waals surface area contributed by atoms with Crippen molar-refractivity contribution in [3.8, 4) is 0 Å². The van der Waals surface area contributed by atoms with Crippen LogP contribution in [0.1, 0.15) is 77.0 Å². The number of nitrogens with zero attached hydrogens (tertiary/aromatic N) is 2. The van der Waals surface area contributed by atoms with Gasteiger partial charge in [0.2, 0.25) is 0 Å². The molecule has 0 N–H and O–H groups in total. The van der Waals surface area contributed by atoms with Crippen molar-refractivity contribution in [3.05, 3.63) is 25.7 Å². The van der Waals surface area contributed by atoms with Crippen molar-refractivity contribution in [1.29, 1.82) is 0 Å². The highest BCUT2D eigenvalue weighted by Crippen LogP contribution is 2.31. The van der Waals surface area contributed by atoms with Crippen LogP contribution in [0.5, 0.6) is 0 Å². The summed E-state index contributed by atoms with van der Waals surface area (Å²) < 4.78 is 20.2. The van der Waals surface area contributed by atoms with E-state index in [-0.39, 0.29) is 32.9 Å². The first kappa shape index (κ1) is 32.0. The minimum atomic E-state index is -0.691. The average Bonchev–Trinajstić information content (AvgIpc) is 2.78. The summed E-state index contributed by atoms with van der Waals surface area (Å²) in [7, 11) is 0. The van der Waals surface area contributed by atoms with Crippen molar-refractivity contribution in [2.75, 3.05) is 26.2 Å². The smallest absolute Gasteiger partial charge is 0.410 e. The molecule has 2 atom stereocenters. The Kier molecular flexibility index (Phi) is 11.7. The molecular formula is C27H48N2O8. The van der Waals surface area contributed by atoms with E-state index in [1.165, 1.54) is 0 Å². The van der Waals surface area contributed by atoms with Crippen LogP contribution < -0.4 is 0 Å². The maximum atomic E-state index is 12.0. The molecule has 2 fully saturated rings. The molecule has 0 aromatic heterocycles. The molecule has 2 heterocycles. The highest BCUT2D eigenvalue weighted by Gasteiger charge is 2.41. The lowest BCUT2D eigenvalue weighted by Crippen LogP contribution is -2.50. The zero-order chi connectivity index (χ0) is 28.4. The fourth-order valence-corrected chi connectivity index (χ4v) is 3.95. The number of carbonyl (C=O) groups excluding carboxylic acids is 4. The van der Waals surface area contributed by atoms with Crippen LogP contribution in [0.25, 0.3) is 0 Å². The fourth-order valence-electron chi connectivity index (χ4n) is 3.95. The largest absolute Gasteiger partial charge is 0.444 e. The molecule has 0 aromatic rings. The molecule has 0 spiro atoms. The lowest BCUT2D eigenvalue weighted by atomic mass is 9.82. The summed E-state index contributed by atoms with van der Waals surface area (Å²) in [5.41, 5.74) is -1.75. The molecular weight excluding hydrogens is 480 g/mol. The van der Waals surface area contributed by atoms with Gasteiger partial charge in [-0.05, 0) is 74.1 Å². The number of piperidine rings is 2. The molecule has 2 amide bonds. The van der Waals surface area contributed by atoms with E-state index in [4.69, 9.17) is 18.9 Å². The van der Waals surface area contributed by atoms with Crippen LogP contribution in [-0.4, -0.2) is 71.3 Å². The molecule has 2 saturated heterocycles. The fraction of sp³-hybridized carbons (Fsp3) is 0.704. The van der Waals surface area contributed by atoms with Crippen LogP contribution in [0.3, 0.4) is 0 Å². The quantitative estimate of drug-likeness (QED) is 0.266. The maximum Gasteiger partial charge on any atom is 0.410 e. The van der Waals surface area contributed by atoms with E-state index in [0.29, 0.717) is 32.6 Å². The Hall–Kier alpha value is -3.04. The van der Waals surface area contributed by atoms with Crippen molar-refractivity contribution < 1.29 is 41.0 Å². The third-order valence-electron chi connectivity index (χ3n) is 5.64. The first-order valence-electron chi connectivity index (χ1n) is 12.6. The lowest BCUT2D eigenvalue weighted by Gasteiger charge is -2.38. The number of amides is 2. The van der Waals surface area contributed by atoms with Crippen LogP contribution >= 0.6 is 0 Å². The van der Waals surface area contributed by atoms with Crippen molar-refractivity contribution in [2.45, 2.75) is 85.4 Å². The number of carbonyl (C=O) groups is 4. The SMILES string of the molecule is C=COC(=O)C1(C)CCCN(C(=O)OC(C)(C)C)C1.C=COC(=O)C1CCCN(C(=O)OC(C)(C)C)C1.[HH].[HH]. The predicted molar refractivity (Wildman–Crippen MR) is 142 cm³/mol. The third-order valence-corrected chi connectivity index (χ3v) is 5.64. The van der Waals surface area contributed by atoms with Gasteiger partial charge in [-0.1, -0.05) is 13.2 Å². The lowest BCUT2D eigenvalue weighted by molar-refractivity contribution is -0.151. The van der Waals surface area contributed by atoms with E-state index < -0.39 is 16.6 Å². The van der Waals surface area contributed by atoms with Gasteiger partial charge in [0.1, 0.15) is 11.2 Å². The third kappa shape index (κ3) is 11.3. The van der Waals surface area contributed by atoms with Crippen molar-refractivity contribution in [1.82, 2.24) is 9.80 Å². The Morgan fingerprint density at radius 1 is 0.865 bits per heavy atom. The van der Waals surface area contributed by atoms with Gasteiger partial charge in [0.15, 0.2) is 0 Å². The predicted octanol–water partition coefficient (Wildman–Crippen LogP) is 5.52. The number of hydrogen-bond acceptors (Lipinski definition) is 8. The van der Waals surface area contributed by atoms with E-state index in [9.17, 15) is 19.2 Å². The molecule has 214 valence electrons. The molecule has 10 nitrogen and oxygen atoms in total. The van der Waals surface area contributed by atoms with E-state index in [1.54, 1.807) is 16.7 Å². The van der Waals surface area contributed by atoms with Gasteiger partial charge in [-0.3, -0.25) is 9.59 Å². The van der Waals surface area contributed by atoms with Crippen molar-refractivity contribution in [3.63, 3.8) is 0 Å². The minimum Gasteiger partial charge on any atom is -0.444 e. The van der Waals surface area contributed by atoms with E-state index in [0.717, 1.165) is 31.8 Å². The minimum absolute atomic E-state index is 0. The Balaban J connectivity index is 0. The normalized spacial score (nSPS) is 22.0. The number of likely N-dealkylation sites (tertiary alicyclic amines) is 2. The topological polar surface area (TPSA) is 112 Å². The van der Waals surface area contributed by atoms with E-state index in [2.05, 4.69) is 13.2 Å². The molecule has 2 aliphatic heterocycles. The summed E-state index contributed by atoms with van der Waals surface area (Å²) in [5, 5.41) is 0. The number of rotatable bonds is 4. The van der Waals surface area contributed by atoms with Gasteiger partial charge in [-0.15, -0.1) is 0 Å². The standard InChI is InChI=1S/C14H23NO4.C13H21NO4.2H2/c1-6-18-11(16)14(5)8-7-9-15(10-14)12(17)19-13(2,3)4;1-5-17-11(15)10-7-6-8-14(9-10)12(16)18-13(2,3)4;;/h6H,1,7-10H2,2-5H3;5,10H,1,6-9H2,2-4H3;2*1H. The van der Waals surface area contributed by atoms with Gasteiger partial charge in [-0.25, -0.2) is 9.59 Å². The second-order valence-corrected chi connectivity index (χ2v) is 11.5. The second-order valence-electron chi connectivity index (χ2n) is 11.5. The number of esters is 2. The highest BCUT2D eigenvalue weighted by molar-refractivity contribution is 5.79. The van der Waals surface area contributed by atoms with Gasteiger partial charge in [-0.2, -0.15) is 0 Å². The average molecular weight is 529 g/mol. The number of hydrogen-bond donors (Lipinski definition) is 0. The molecule has 2 rings (SSSR count). The van der Waals surface area contributed by atoms with Gasteiger partial charge < -0.3 is 28.7 Å². The van der Waals surface area contributed by atoms with Crippen molar-refractivity contribution >= 4 is 24.1 Å². The number of ether oxygens (including phenoxy) is 4. The Morgan fingerprint density at radius 3 is 1.89 bits per heavy atom. The molecule has 37 heavy (non-hydrogen) atoms. The Morgan fingerprint density at radius 2 is 1.38 bits per heavy atom. The Bertz CT molecular complexity index is 854. The van der Waals surface area contributed by atoms with E-state index >= 15 is 0 Å². The first-order valence-corrected chi connectivity index (χ1v) is 12.6. The summed E-state index contributed by atoms with van der Waals surface area (Å²) in [5.74, 6) is -0.974. The summed E-state index contributed by atoms with van der Waals surface area (Å²) in [4.78, 5) is 50.5. The highest BCUT2D eigenvalue weighted by atomic mass is 16.6. The molecule has 2 aliphatic rings.